The van der Waals surface area contributed by atoms with Gasteiger partial charge in [0.05, 0.1) is 18.3 Å². The Morgan fingerprint density at radius 3 is 2.51 bits per heavy atom. The zero-order chi connectivity index (χ0) is 31.4. The molecule has 2 saturated carbocycles. The number of ether oxygens (including phenoxy) is 4. The van der Waals surface area contributed by atoms with E-state index in [4.69, 9.17) is 18.9 Å². The lowest BCUT2D eigenvalue weighted by atomic mass is 9.53. The lowest BCUT2D eigenvalue weighted by Crippen LogP contribution is -2.54. The maximum absolute atomic E-state index is 12.7. The number of esters is 1. The second kappa shape index (κ2) is 15.1. The molecule has 10 atom stereocenters. The minimum absolute atomic E-state index is 0.0257. The molecule has 7 heteroatoms. The first kappa shape index (κ1) is 34.9. The molecule has 10 unspecified atom stereocenters. The Kier molecular flexibility index (Phi) is 12.2. The first-order valence-corrected chi connectivity index (χ1v) is 17.5. The summed E-state index contributed by atoms with van der Waals surface area (Å²) in [6, 6.07) is 0. The fourth-order valence-corrected chi connectivity index (χ4v) is 8.88. The molecular formula is C36H62O7. The average molecular weight is 607 g/mol. The van der Waals surface area contributed by atoms with Crippen molar-refractivity contribution in [3.05, 3.63) is 12.2 Å². The van der Waals surface area contributed by atoms with Crippen LogP contribution in [0.3, 0.4) is 0 Å². The number of cyclic esters (lactones) is 1. The minimum atomic E-state index is -1.26. The number of hydrogen-bond acceptors (Lipinski definition) is 7. The summed E-state index contributed by atoms with van der Waals surface area (Å²) in [6.07, 6.45) is 12.9. The molecule has 2 bridgehead atoms. The van der Waals surface area contributed by atoms with Gasteiger partial charge in [0.1, 0.15) is 0 Å². The predicted molar refractivity (Wildman–Crippen MR) is 168 cm³/mol. The SMILES string of the molecule is CCC1CC2CCCC(C(C)(C)OC(O)C3CC(OC(O)COC4C=CC(C(CC(C)C)C(C)C)CCC4)C(=O)O3)(C1)C2. The van der Waals surface area contributed by atoms with Crippen molar-refractivity contribution >= 4 is 5.97 Å². The molecule has 3 fully saturated rings. The van der Waals surface area contributed by atoms with Gasteiger partial charge in [-0.2, -0.15) is 0 Å². The van der Waals surface area contributed by atoms with Crippen molar-refractivity contribution in [1.29, 1.82) is 0 Å². The van der Waals surface area contributed by atoms with E-state index >= 15 is 0 Å². The first-order valence-electron chi connectivity index (χ1n) is 17.5. The van der Waals surface area contributed by atoms with E-state index in [1.165, 1.54) is 32.1 Å². The third-order valence-corrected chi connectivity index (χ3v) is 11.4. The Hall–Kier alpha value is -0.990. The highest BCUT2D eigenvalue weighted by molar-refractivity contribution is 5.77. The summed E-state index contributed by atoms with van der Waals surface area (Å²) in [6.45, 7) is 15.7. The predicted octanol–water partition coefficient (Wildman–Crippen LogP) is 7.18. The summed E-state index contributed by atoms with van der Waals surface area (Å²) >= 11 is 0. The van der Waals surface area contributed by atoms with E-state index < -0.39 is 36.4 Å². The van der Waals surface area contributed by atoms with E-state index in [1.54, 1.807) is 0 Å². The Morgan fingerprint density at radius 1 is 1.05 bits per heavy atom. The van der Waals surface area contributed by atoms with Gasteiger partial charge in [-0.05, 0) is 106 Å². The van der Waals surface area contributed by atoms with Crippen LogP contribution >= 0.6 is 0 Å². The molecule has 1 aliphatic heterocycles. The highest BCUT2D eigenvalue weighted by Gasteiger charge is 2.54. The molecule has 0 aromatic rings. The Balaban J connectivity index is 1.25. The van der Waals surface area contributed by atoms with Crippen LogP contribution in [0.5, 0.6) is 0 Å². The van der Waals surface area contributed by atoms with E-state index in [-0.39, 0.29) is 24.5 Å². The van der Waals surface area contributed by atoms with Crippen molar-refractivity contribution in [3.8, 4) is 0 Å². The van der Waals surface area contributed by atoms with Crippen molar-refractivity contribution in [3.63, 3.8) is 0 Å². The zero-order valence-corrected chi connectivity index (χ0v) is 28.1. The molecular weight excluding hydrogens is 544 g/mol. The number of aliphatic hydroxyl groups excluding tert-OH is 2. The highest BCUT2D eigenvalue weighted by atomic mass is 16.7. The van der Waals surface area contributed by atoms with Crippen LogP contribution in [0.15, 0.2) is 12.2 Å². The van der Waals surface area contributed by atoms with Crippen LogP contribution < -0.4 is 0 Å². The largest absolute Gasteiger partial charge is 0.455 e. The molecule has 2 N–H and O–H groups in total. The second-order valence-electron chi connectivity index (χ2n) is 15.7. The molecule has 0 spiro atoms. The number of hydrogen-bond donors (Lipinski definition) is 2. The molecule has 0 aromatic heterocycles. The summed E-state index contributed by atoms with van der Waals surface area (Å²) in [7, 11) is 0. The number of allylic oxidation sites excluding steroid dienone is 1. The Morgan fingerprint density at radius 2 is 1.81 bits per heavy atom. The number of carbonyl (C=O) groups is 1. The molecule has 7 nitrogen and oxygen atoms in total. The van der Waals surface area contributed by atoms with Gasteiger partial charge in [0.15, 0.2) is 24.8 Å². The lowest BCUT2D eigenvalue weighted by molar-refractivity contribution is -0.262. The molecule has 248 valence electrons. The van der Waals surface area contributed by atoms with Gasteiger partial charge in [-0.3, -0.25) is 0 Å². The van der Waals surface area contributed by atoms with Crippen LogP contribution in [0.4, 0.5) is 0 Å². The summed E-state index contributed by atoms with van der Waals surface area (Å²) in [5.74, 6) is 3.36. The van der Waals surface area contributed by atoms with Crippen LogP contribution in [0.2, 0.25) is 0 Å². The molecule has 4 aliphatic rings. The molecule has 43 heavy (non-hydrogen) atoms. The number of aliphatic hydroxyl groups is 2. The van der Waals surface area contributed by atoms with E-state index in [1.807, 2.05) is 0 Å². The van der Waals surface area contributed by atoms with Crippen LogP contribution in [0.1, 0.15) is 126 Å². The molecule has 1 saturated heterocycles. The van der Waals surface area contributed by atoms with Crippen LogP contribution in [-0.2, 0) is 23.7 Å². The normalized spacial score (nSPS) is 35.6. The first-order chi connectivity index (χ1) is 20.3. The van der Waals surface area contributed by atoms with E-state index in [0.29, 0.717) is 29.6 Å². The zero-order valence-electron chi connectivity index (χ0n) is 28.1. The van der Waals surface area contributed by atoms with Crippen molar-refractivity contribution in [2.24, 2.45) is 40.9 Å². The van der Waals surface area contributed by atoms with Crippen molar-refractivity contribution in [2.75, 3.05) is 6.61 Å². The van der Waals surface area contributed by atoms with Gasteiger partial charge < -0.3 is 29.2 Å². The average Bonchev–Trinajstić information content (AvgIpc) is 3.14. The smallest absolute Gasteiger partial charge is 0.335 e. The van der Waals surface area contributed by atoms with Crippen molar-refractivity contribution in [2.45, 2.75) is 162 Å². The Bertz CT molecular complexity index is 915. The van der Waals surface area contributed by atoms with Crippen LogP contribution in [-0.4, -0.2) is 59.3 Å². The van der Waals surface area contributed by atoms with E-state index in [2.05, 4.69) is 60.6 Å². The number of fused-ring (bicyclic) bond motifs is 2. The third kappa shape index (κ3) is 8.84. The molecule has 0 amide bonds. The van der Waals surface area contributed by atoms with Crippen molar-refractivity contribution < 1.29 is 34.0 Å². The van der Waals surface area contributed by atoms with Gasteiger partial charge in [-0.15, -0.1) is 0 Å². The van der Waals surface area contributed by atoms with Gasteiger partial charge in [0, 0.05) is 6.42 Å². The van der Waals surface area contributed by atoms with Gasteiger partial charge >= 0.3 is 5.97 Å². The standard InChI is InChI=1S/C36H62O7/c1-8-25-18-26-11-10-16-36(20-25,21-26)35(6,7)43-34(39)31-19-30(33(38)42-31)41-32(37)22-40-28-13-9-12-27(14-15-28)29(24(4)5)17-23(2)3/h14-15,23-32,34,37,39H,8-13,16-22H2,1-7H3. The van der Waals surface area contributed by atoms with Gasteiger partial charge in [0.25, 0.3) is 0 Å². The summed E-state index contributed by atoms with van der Waals surface area (Å²) in [4.78, 5) is 12.7. The molecule has 1 heterocycles. The van der Waals surface area contributed by atoms with Gasteiger partial charge in [-0.1, -0.05) is 66.0 Å². The summed E-state index contributed by atoms with van der Waals surface area (Å²) in [5.41, 5.74) is -0.523. The fraction of sp³-hybridized carbons (Fsp3) is 0.917. The molecule has 3 aliphatic carbocycles. The minimum Gasteiger partial charge on any atom is -0.455 e. The molecule has 4 rings (SSSR count). The van der Waals surface area contributed by atoms with Gasteiger partial charge in [-0.25, -0.2) is 4.79 Å². The quantitative estimate of drug-likeness (QED) is 0.123. The number of carbonyl (C=O) groups excluding carboxylic acids is 1. The van der Waals surface area contributed by atoms with E-state index in [0.717, 1.165) is 44.4 Å². The van der Waals surface area contributed by atoms with Gasteiger partial charge in [0.2, 0.25) is 0 Å². The second-order valence-corrected chi connectivity index (χ2v) is 15.7. The maximum Gasteiger partial charge on any atom is 0.335 e. The topological polar surface area (TPSA) is 94.5 Å². The maximum atomic E-state index is 12.7. The van der Waals surface area contributed by atoms with Crippen LogP contribution in [0, 0.1) is 40.9 Å². The highest BCUT2D eigenvalue weighted by Crippen LogP contribution is 2.58. The van der Waals surface area contributed by atoms with Crippen LogP contribution in [0.25, 0.3) is 0 Å². The molecule has 0 radical (unpaired) electrons. The summed E-state index contributed by atoms with van der Waals surface area (Å²) < 4.78 is 23.5. The van der Waals surface area contributed by atoms with Crippen molar-refractivity contribution in [1.82, 2.24) is 0 Å². The summed E-state index contributed by atoms with van der Waals surface area (Å²) in [5, 5.41) is 21.7. The third-order valence-electron chi connectivity index (χ3n) is 11.4. The lowest BCUT2D eigenvalue weighted by Gasteiger charge is -2.56. The Labute approximate surface area is 261 Å². The monoisotopic (exact) mass is 606 g/mol. The number of rotatable bonds is 14. The fourth-order valence-electron chi connectivity index (χ4n) is 8.88. The van der Waals surface area contributed by atoms with E-state index in [9.17, 15) is 15.0 Å². The molecule has 0 aromatic carbocycles.